The van der Waals surface area contributed by atoms with Gasteiger partial charge in [-0.1, -0.05) is 12.1 Å². The van der Waals surface area contributed by atoms with E-state index in [4.69, 9.17) is 10.1 Å². The summed E-state index contributed by atoms with van der Waals surface area (Å²) >= 11 is 1.72. The Hall–Kier alpha value is -2.09. The Labute approximate surface area is 157 Å². The van der Waals surface area contributed by atoms with Crippen molar-refractivity contribution in [2.45, 2.75) is 31.8 Å². The quantitative estimate of drug-likeness (QED) is 0.693. The van der Waals surface area contributed by atoms with Gasteiger partial charge >= 0.3 is 0 Å². The summed E-state index contributed by atoms with van der Waals surface area (Å²) in [4.78, 5) is 12.9. The topological polar surface area (TPSA) is 67.1 Å². The van der Waals surface area contributed by atoms with Crippen molar-refractivity contribution in [1.82, 2.24) is 24.6 Å². The first-order valence-electron chi connectivity index (χ1n) is 9.06. The lowest BCUT2D eigenvalue weighted by Crippen LogP contribution is -2.29. The van der Waals surface area contributed by atoms with Gasteiger partial charge in [-0.05, 0) is 49.0 Å². The average Bonchev–Trinajstić information content (AvgIpc) is 3.41. The molecule has 0 aliphatic carbocycles. The van der Waals surface area contributed by atoms with E-state index >= 15 is 0 Å². The fraction of sp³-hybridized carbons (Fsp3) is 0.421. The van der Waals surface area contributed by atoms with Gasteiger partial charge in [-0.15, -0.1) is 11.3 Å². The highest BCUT2D eigenvalue weighted by Crippen LogP contribution is 2.30. The maximum Gasteiger partial charge on any atom is 0.156 e. The summed E-state index contributed by atoms with van der Waals surface area (Å²) < 4.78 is 1.87. The number of rotatable bonds is 7. The van der Waals surface area contributed by atoms with E-state index in [1.54, 1.807) is 17.5 Å². The van der Waals surface area contributed by atoms with Gasteiger partial charge in [0.2, 0.25) is 0 Å². The van der Waals surface area contributed by atoms with Crippen molar-refractivity contribution < 1.29 is 5.11 Å². The lowest BCUT2D eigenvalue weighted by Gasteiger charge is -2.27. The normalized spacial score (nSPS) is 16.2. The fourth-order valence-corrected chi connectivity index (χ4v) is 4.27. The zero-order valence-electron chi connectivity index (χ0n) is 14.7. The van der Waals surface area contributed by atoms with Crippen LogP contribution in [0.3, 0.4) is 0 Å². The highest BCUT2D eigenvalue weighted by molar-refractivity contribution is 7.09. The first-order chi connectivity index (χ1) is 12.8. The number of aliphatic hydroxyl groups excluding tert-OH is 1. The molecule has 136 valence electrons. The SMILES string of the molecule is OCCn1nc(Cc2cccs2)nc1[C@@H](c1cccnc1)N1CCCC1. The van der Waals surface area contributed by atoms with Crippen LogP contribution in [0.5, 0.6) is 0 Å². The van der Waals surface area contributed by atoms with Gasteiger partial charge in [-0.25, -0.2) is 9.67 Å². The van der Waals surface area contributed by atoms with Crippen molar-refractivity contribution in [1.29, 1.82) is 0 Å². The number of aromatic nitrogens is 4. The highest BCUT2D eigenvalue weighted by atomic mass is 32.1. The third kappa shape index (κ3) is 3.70. The van der Waals surface area contributed by atoms with E-state index in [9.17, 15) is 5.11 Å². The largest absolute Gasteiger partial charge is 0.394 e. The molecule has 0 amide bonds. The minimum atomic E-state index is 0.0299. The van der Waals surface area contributed by atoms with Crippen molar-refractivity contribution in [2.75, 3.05) is 19.7 Å². The van der Waals surface area contributed by atoms with E-state index < -0.39 is 0 Å². The molecule has 0 radical (unpaired) electrons. The van der Waals surface area contributed by atoms with Gasteiger partial charge in [0.1, 0.15) is 5.82 Å². The van der Waals surface area contributed by atoms with E-state index in [-0.39, 0.29) is 12.6 Å². The molecule has 3 aromatic rings. The van der Waals surface area contributed by atoms with Crippen molar-refractivity contribution in [3.63, 3.8) is 0 Å². The predicted molar refractivity (Wildman–Crippen MR) is 101 cm³/mol. The van der Waals surface area contributed by atoms with Crippen LogP contribution in [0.25, 0.3) is 0 Å². The second kappa shape index (κ2) is 8.07. The Bertz CT molecular complexity index is 812. The summed E-state index contributed by atoms with van der Waals surface area (Å²) in [5.41, 5.74) is 1.13. The van der Waals surface area contributed by atoms with E-state index in [1.165, 1.54) is 17.7 Å². The standard InChI is InChI=1S/C19H23N5OS/c25-11-10-24-19(21-17(22-24)13-16-6-4-12-26-16)18(23-8-1-2-9-23)15-5-3-7-20-14-15/h3-7,12,14,18,25H,1-2,8-11,13H2/t18-/m1/s1. The van der Waals surface area contributed by atoms with Gasteiger partial charge in [0.15, 0.2) is 5.82 Å². The summed E-state index contributed by atoms with van der Waals surface area (Å²) in [6.07, 6.45) is 6.84. The third-order valence-electron chi connectivity index (χ3n) is 4.72. The van der Waals surface area contributed by atoms with Crippen LogP contribution in [0, 0.1) is 0 Å². The van der Waals surface area contributed by atoms with E-state index in [1.807, 2.05) is 23.0 Å². The molecule has 1 atom stereocenters. The van der Waals surface area contributed by atoms with Crippen LogP contribution in [0.4, 0.5) is 0 Å². The van der Waals surface area contributed by atoms with Gasteiger partial charge < -0.3 is 5.11 Å². The Morgan fingerprint density at radius 2 is 2.08 bits per heavy atom. The van der Waals surface area contributed by atoms with Crippen LogP contribution in [0.2, 0.25) is 0 Å². The monoisotopic (exact) mass is 369 g/mol. The number of hydrogen-bond donors (Lipinski definition) is 1. The summed E-state index contributed by atoms with van der Waals surface area (Å²) in [5, 5.41) is 16.3. The molecule has 6 nitrogen and oxygen atoms in total. The molecule has 7 heteroatoms. The molecule has 1 N–H and O–H groups in total. The van der Waals surface area contributed by atoms with Crippen LogP contribution < -0.4 is 0 Å². The Balaban J connectivity index is 1.72. The molecule has 4 rings (SSSR count). The minimum Gasteiger partial charge on any atom is -0.394 e. The van der Waals surface area contributed by atoms with Crippen LogP contribution >= 0.6 is 11.3 Å². The fourth-order valence-electron chi connectivity index (χ4n) is 3.57. The maximum atomic E-state index is 9.52. The Morgan fingerprint density at radius 1 is 1.19 bits per heavy atom. The summed E-state index contributed by atoms with van der Waals surface area (Å²) in [6, 6.07) is 8.26. The second-order valence-electron chi connectivity index (χ2n) is 6.52. The van der Waals surface area contributed by atoms with Crippen LogP contribution in [-0.4, -0.2) is 49.5 Å². The highest BCUT2D eigenvalue weighted by Gasteiger charge is 2.30. The lowest BCUT2D eigenvalue weighted by molar-refractivity contribution is 0.241. The molecule has 3 aromatic heterocycles. The molecule has 26 heavy (non-hydrogen) atoms. The molecule has 0 unspecified atom stereocenters. The molecular weight excluding hydrogens is 346 g/mol. The number of nitrogens with zero attached hydrogens (tertiary/aromatic N) is 5. The van der Waals surface area contributed by atoms with Crippen molar-refractivity contribution in [2.24, 2.45) is 0 Å². The zero-order chi connectivity index (χ0) is 17.8. The Kier molecular flexibility index (Phi) is 5.38. The first-order valence-corrected chi connectivity index (χ1v) is 9.94. The van der Waals surface area contributed by atoms with Gasteiger partial charge in [0.05, 0.1) is 19.2 Å². The second-order valence-corrected chi connectivity index (χ2v) is 7.55. The summed E-state index contributed by atoms with van der Waals surface area (Å²) in [5.74, 6) is 1.71. The molecular formula is C19H23N5OS. The Morgan fingerprint density at radius 3 is 2.77 bits per heavy atom. The van der Waals surface area contributed by atoms with Crippen LogP contribution in [-0.2, 0) is 13.0 Å². The van der Waals surface area contributed by atoms with Crippen molar-refractivity contribution >= 4 is 11.3 Å². The van der Waals surface area contributed by atoms with Crippen LogP contribution in [0.1, 0.15) is 41.0 Å². The molecule has 1 aliphatic heterocycles. The zero-order valence-corrected chi connectivity index (χ0v) is 15.5. The molecule has 1 saturated heterocycles. The van der Waals surface area contributed by atoms with E-state index in [0.29, 0.717) is 6.54 Å². The van der Waals surface area contributed by atoms with Gasteiger partial charge in [0, 0.05) is 23.7 Å². The molecule has 0 bridgehead atoms. The predicted octanol–water partition coefficient (Wildman–Crippen LogP) is 2.50. The van der Waals surface area contributed by atoms with Gasteiger partial charge in [-0.3, -0.25) is 9.88 Å². The summed E-state index contributed by atoms with van der Waals surface area (Å²) in [7, 11) is 0. The average molecular weight is 369 g/mol. The number of hydrogen-bond acceptors (Lipinski definition) is 6. The van der Waals surface area contributed by atoms with Crippen molar-refractivity contribution in [3.05, 3.63) is 64.1 Å². The van der Waals surface area contributed by atoms with E-state index in [0.717, 1.165) is 36.7 Å². The summed E-state index contributed by atoms with van der Waals surface area (Å²) in [6.45, 7) is 2.60. The molecule has 4 heterocycles. The van der Waals surface area contributed by atoms with Gasteiger partial charge in [-0.2, -0.15) is 5.10 Å². The third-order valence-corrected chi connectivity index (χ3v) is 5.60. The molecule has 1 fully saturated rings. The molecule has 1 aliphatic rings. The smallest absolute Gasteiger partial charge is 0.156 e. The number of likely N-dealkylation sites (tertiary alicyclic amines) is 1. The van der Waals surface area contributed by atoms with Gasteiger partial charge in [0.25, 0.3) is 0 Å². The number of pyridine rings is 1. The van der Waals surface area contributed by atoms with E-state index in [2.05, 4.69) is 27.4 Å². The molecule has 0 saturated carbocycles. The minimum absolute atomic E-state index is 0.0299. The number of thiophene rings is 1. The maximum absolute atomic E-state index is 9.52. The van der Waals surface area contributed by atoms with Crippen molar-refractivity contribution in [3.8, 4) is 0 Å². The first kappa shape index (κ1) is 17.3. The molecule has 0 aromatic carbocycles. The number of aliphatic hydroxyl groups is 1. The lowest BCUT2D eigenvalue weighted by atomic mass is 10.1. The molecule has 0 spiro atoms. The van der Waals surface area contributed by atoms with Crippen LogP contribution in [0.15, 0.2) is 42.0 Å².